The Morgan fingerprint density at radius 1 is 1.00 bits per heavy atom. The van der Waals surface area contributed by atoms with E-state index in [9.17, 15) is 4.79 Å². The number of carbonyl (C=O) groups is 1. The van der Waals surface area contributed by atoms with Crippen LogP contribution in [0.4, 0.5) is 5.82 Å². The quantitative estimate of drug-likeness (QED) is 0.767. The van der Waals surface area contributed by atoms with Gasteiger partial charge in [-0.2, -0.15) is 4.98 Å². The molecule has 2 aromatic heterocycles. The molecular weight excluding hydrogens is 380 g/mol. The predicted octanol–water partition coefficient (Wildman–Crippen LogP) is 2.62. The van der Waals surface area contributed by atoms with Gasteiger partial charge in [-0.15, -0.1) is 0 Å². The first-order valence-electron chi connectivity index (χ1n) is 11.6. The van der Waals surface area contributed by atoms with Crippen LogP contribution >= 0.6 is 0 Å². The highest BCUT2D eigenvalue weighted by Gasteiger charge is 2.33. The second-order valence-electron chi connectivity index (χ2n) is 9.08. The van der Waals surface area contributed by atoms with Gasteiger partial charge in [0.1, 0.15) is 17.5 Å². The zero-order chi connectivity index (χ0) is 20.5. The Balaban J connectivity index is 1.23. The third-order valence-corrected chi connectivity index (χ3v) is 7.21. The maximum Gasteiger partial charge on any atom is 0.263 e. The van der Waals surface area contributed by atoms with Crippen LogP contribution in [0.5, 0.6) is 0 Å². The SMILES string of the molecule is Cc1noc2ncnc(N3CCC[C@@H](C(=O)N4CCN(C5CCCCC5)CC4)C3)c12. The number of aryl methyl sites for hydroxylation is 1. The normalized spacial score (nSPS) is 24.5. The minimum atomic E-state index is 0.0326. The van der Waals surface area contributed by atoms with Crippen molar-refractivity contribution in [3.05, 3.63) is 12.0 Å². The van der Waals surface area contributed by atoms with Gasteiger partial charge >= 0.3 is 0 Å². The molecule has 8 heteroatoms. The van der Waals surface area contributed by atoms with E-state index in [2.05, 4.69) is 29.8 Å². The van der Waals surface area contributed by atoms with Gasteiger partial charge in [0.15, 0.2) is 0 Å². The van der Waals surface area contributed by atoms with E-state index in [1.165, 1.54) is 38.4 Å². The lowest BCUT2D eigenvalue weighted by Gasteiger charge is -2.42. The third kappa shape index (κ3) is 3.77. The first-order chi connectivity index (χ1) is 14.7. The maximum atomic E-state index is 13.3. The molecule has 0 bridgehead atoms. The molecule has 4 heterocycles. The summed E-state index contributed by atoms with van der Waals surface area (Å²) in [5.74, 6) is 1.19. The Morgan fingerprint density at radius 3 is 2.60 bits per heavy atom. The summed E-state index contributed by atoms with van der Waals surface area (Å²) in [6.07, 6.45) is 10.3. The Morgan fingerprint density at radius 2 is 1.80 bits per heavy atom. The molecule has 1 amide bonds. The van der Waals surface area contributed by atoms with E-state index in [1.54, 1.807) is 0 Å². The fraction of sp³-hybridized carbons (Fsp3) is 0.727. The third-order valence-electron chi connectivity index (χ3n) is 7.21. The molecule has 162 valence electrons. The average molecular weight is 413 g/mol. The molecule has 2 aromatic rings. The fourth-order valence-electron chi connectivity index (χ4n) is 5.53. The molecule has 5 rings (SSSR count). The second kappa shape index (κ2) is 8.49. The summed E-state index contributed by atoms with van der Waals surface area (Å²) in [7, 11) is 0. The lowest BCUT2D eigenvalue weighted by Crippen LogP contribution is -2.54. The number of hydrogen-bond acceptors (Lipinski definition) is 7. The van der Waals surface area contributed by atoms with E-state index in [4.69, 9.17) is 4.52 Å². The van der Waals surface area contributed by atoms with E-state index < -0.39 is 0 Å². The molecule has 3 fully saturated rings. The standard InChI is InChI=1S/C22H32N6O2/c1-16-19-20(23-15-24-21(19)30-25-16)28-9-5-6-17(14-28)22(29)27-12-10-26(11-13-27)18-7-3-2-4-8-18/h15,17-18H,2-14H2,1H3/t17-/m1/s1. The molecule has 3 aliphatic rings. The van der Waals surface area contributed by atoms with Gasteiger partial charge < -0.3 is 14.3 Å². The van der Waals surface area contributed by atoms with Gasteiger partial charge in [0.2, 0.25) is 5.91 Å². The number of fused-ring (bicyclic) bond motifs is 1. The van der Waals surface area contributed by atoms with Crippen molar-refractivity contribution < 1.29 is 9.32 Å². The Labute approximate surface area is 177 Å². The van der Waals surface area contributed by atoms with Gasteiger partial charge in [0, 0.05) is 45.3 Å². The summed E-state index contributed by atoms with van der Waals surface area (Å²) in [6, 6.07) is 0.744. The second-order valence-corrected chi connectivity index (χ2v) is 9.08. The van der Waals surface area contributed by atoms with Crippen molar-refractivity contribution in [2.75, 3.05) is 44.2 Å². The average Bonchev–Trinajstić information content (AvgIpc) is 3.20. The molecule has 1 aliphatic carbocycles. The van der Waals surface area contributed by atoms with Crippen molar-refractivity contribution in [1.82, 2.24) is 24.9 Å². The van der Waals surface area contributed by atoms with E-state index in [1.807, 2.05) is 6.92 Å². The van der Waals surface area contributed by atoms with Gasteiger partial charge in [0.25, 0.3) is 5.71 Å². The molecule has 0 spiro atoms. The molecule has 30 heavy (non-hydrogen) atoms. The minimum absolute atomic E-state index is 0.0326. The summed E-state index contributed by atoms with van der Waals surface area (Å²) in [5.41, 5.74) is 1.32. The topological polar surface area (TPSA) is 78.6 Å². The lowest BCUT2D eigenvalue weighted by molar-refractivity contribution is -0.138. The molecule has 0 N–H and O–H groups in total. The predicted molar refractivity (Wildman–Crippen MR) is 114 cm³/mol. The molecule has 8 nitrogen and oxygen atoms in total. The van der Waals surface area contributed by atoms with E-state index >= 15 is 0 Å². The summed E-state index contributed by atoms with van der Waals surface area (Å²) in [6.45, 7) is 7.31. The van der Waals surface area contributed by atoms with Crippen molar-refractivity contribution in [2.45, 2.75) is 57.9 Å². The summed E-state index contributed by atoms with van der Waals surface area (Å²) >= 11 is 0. The first kappa shape index (κ1) is 19.7. The van der Waals surface area contributed by atoms with Crippen LogP contribution < -0.4 is 4.90 Å². The number of anilines is 1. The number of amides is 1. The molecule has 1 atom stereocenters. The van der Waals surface area contributed by atoms with Crippen LogP contribution in [0.1, 0.15) is 50.6 Å². The van der Waals surface area contributed by atoms with E-state index in [-0.39, 0.29) is 5.92 Å². The Kier molecular flexibility index (Phi) is 5.58. The van der Waals surface area contributed by atoms with Gasteiger partial charge in [-0.05, 0) is 32.6 Å². The Hall–Kier alpha value is -2.22. The van der Waals surface area contributed by atoms with Crippen LogP contribution in [0.3, 0.4) is 0 Å². The summed E-state index contributed by atoms with van der Waals surface area (Å²) < 4.78 is 5.30. The lowest BCUT2D eigenvalue weighted by atomic mass is 9.93. The van der Waals surface area contributed by atoms with Gasteiger partial charge in [-0.25, -0.2) is 4.98 Å². The molecular formula is C22H32N6O2. The highest BCUT2D eigenvalue weighted by molar-refractivity contribution is 5.88. The van der Waals surface area contributed by atoms with Crippen LogP contribution in [0.15, 0.2) is 10.9 Å². The largest absolute Gasteiger partial charge is 0.355 e. The molecule has 0 radical (unpaired) electrons. The Bertz CT molecular complexity index is 885. The number of hydrogen-bond donors (Lipinski definition) is 0. The van der Waals surface area contributed by atoms with Gasteiger partial charge in [-0.3, -0.25) is 9.69 Å². The van der Waals surface area contributed by atoms with E-state index in [0.717, 1.165) is 68.5 Å². The number of nitrogens with zero attached hydrogens (tertiary/aromatic N) is 6. The molecule has 0 aromatic carbocycles. The van der Waals surface area contributed by atoms with E-state index in [0.29, 0.717) is 18.2 Å². The minimum Gasteiger partial charge on any atom is -0.355 e. The first-order valence-corrected chi connectivity index (χ1v) is 11.6. The monoisotopic (exact) mass is 412 g/mol. The molecule has 2 aliphatic heterocycles. The molecule has 0 unspecified atom stereocenters. The van der Waals surface area contributed by atoms with Crippen molar-refractivity contribution in [1.29, 1.82) is 0 Å². The van der Waals surface area contributed by atoms with Crippen LogP contribution in [0, 0.1) is 12.8 Å². The highest BCUT2D eigenvalue weighted by Crippen LogP contribution is 2.30. The van der Waals surface area contributed by atoms with Crippen molar-refractivity contribution in [2.24, 2.45) is 5.92 Å². The van der Waals surface area contributed by atoms with Crippen LogP contribution in [0.25, 0.3) is 11.1 Å². The van der Waals surface area contributed by atoms with Crippen LogP contribution in [0.2, 0.25) is 0 Å². The number of aromatic nitrogens is 3. The van der Waals surface area contributed by atoms with Crippen LogP contribution in [-0.2, 0) is 4.79 Å². The van der Waals surface area contributed by atoms with Gasteiger partial charge in [0.05, 0.1) is 11.6 Å². The zero-order valence-corrected chi connectivity index (χ0v) is 17.9. The number of carbonyl (C=O) groups excluding carboxylic acids is 1. The summed E-state index contributed by atoms with van der Waals surface area (Å²) in [5, 5.41) is 4.91. The highest BCUT2D eigenvalue weighted by atomic mass is 16.5. The smallest absolute Gasteiger partial charge is 0.263 e. The number of rotatable bonds is 3. The van der Waals surface area contributed by atoms with Crippen molar-refractivity contribution >= 4 is 22.8 Å². The molecule has 2 saturated heterocycles. The van der Waals surface area contributed by atoms with Crippen LogP contribution in [-0.4, -0.2) is 76.1 Å². The number of piperidine rings is 1. The zero-order valence-electron chi connectivity index (χ0n) is 17.9. The van der Waals surface area contributed by atoms with Crippen molar-refractivity contribution in [3.63, 3.8) is 0 Å². The fourth-order valence-corrected chi connectivity index (χ4v) is 5.53. The number of piperazine rings is 1. The summed E-state index contributed by atoms with van der Waals surface area (Å²) in [4.78, 5) is 29.0. The van der Waals surface area contributed by atoms with Gasteiger partial charge in [-0.1, -0.05) is 24.4 Å². The molecule has 1 saturated carbocycles. The van der Waals surface area contributed by atoms with Crippen molar-refractivity contribution in [3.8, 4) is 0 Å². The maximum absolute atomic E-state index is 13.3.